The van der Waals surface area contributed by atoms with Crippen LogP contribution in [-0.2, 0) is 9.53 Å². The Labute approximate surface area is 118 Å². The zero-order valence-electron chi connectivity index (χ0n) is 11.9. The summed E-state index contributed by atoms with van der Waals surface area (Å²) in [7, 11) is 0. The second-order valence-corrected chi connectivity index (χ2v) is 5.74. The fourth-order valence-electron chi connectivity index (χ4n) is 2.63. The largest absolute Gasteiger partial charge is 0.481 e. The van der Waals surface area contributed by atoms with Crippen LogP contribution in [0.15, 0.2) is 0 Å². The molecule has 0 aliphatic carbocycles. The third-order valence-corrected chi connectivity index (χ3v) is 4.16. The summed E-state index contributed by atoms with van der Waals surface area (Å²) in [6.45, 7) is 5.56. The van der Waals surface area contributed by atoms with E-state index in [1.54, 1.807) is 6.92 Å². The van der Waals surface area contributed by atoms with Crippen LogP contribution in [0.4, 0.5) is 4.79 Å². The molecular weight excluding hydrogens is 262 g/mol. The standard InChI is InChI=1S/C13H23N3O4/c1-13(11(17)18)9-20-8-10(13)15-12(19)14-4-7-16-5-2-3-6-16/h10H,2-9H2,1H3,(H,17,18)(H2,14,15,19). The highest BCUT2D eigenvalue weighted by Crippen LogP contribution is 2.28. The third-order valence-electron chi connectivity index (χ3n) is 4.16. The van der Waals surface area contributed by atoms with Crippen LogP contribution < -0.4 is 10.6 Å². The number of carboxylic acid groups (broad SMARTS) is 1. The van der Waals surface area contributed by atoms with E-state index in [0.717, 1.165) is 19.6 Å². The number of likely N-dealkylation sites (tertiary alicyclic amines) is 1. The van der Waals surface area contributed by atoms with Crippen molar-refractivity contribution < 1.29 is 19.4 Å². The maximum Gasteiger partial charge on any atom is 0.315 e. The lowest BCUT2D eigenvalue weighted by atomic mass is 9.85. The average Bonchev–Trinajstić information content (AvgIpc) is 3.01. The highest BCUT2D eigenvalue weighted by molar-refractivity contribution is 5.79. The number of carbonyl (C=O) groups excluding carboxylic acids is 1. The van der Waals surface area contributed by atoms with Gasteiger partial charge in [-0.25, -0.2) is 4.79 Å². The summed E-state index contributed by atoms with van der Waals surface area (Å²) in [5.74, 6) is -0.947. The Morgan fingerprint density at radius 1 is 1.40 bits per heavy atom. The van der Waals surface area contributed by atoms with Gasteiger partial charge in [-0.1, -0.05) is 0 Å². The van der Waals surface area contributed by atoms with Gasteiger partial charge >= 0.3 is 12.0 Å². The lowest BCUT2D eigenvalue weighted by molar-refractivity contribution is -0.148. The van der Waals surface area contributed by atoms with Crippen LogP contribution in [-0.4, -0.2) is 67.4 Å². The van der Waals surface area contributed by atoms with Crippen LogP contribution in [0, 0.1) is 5.41 Å². The molecule has 2 rings (SSSR count). The number of nitrogens with zero attached hydrogens (tertiary/aromatic N) is 1. The van der Waals surface area contributed by atoms with E-state index >= 15 is 0 Å². The summed E-state index contributed by atoms with van der Waals surface area (Å²) >= 11 is 0. The van der Waals surface area contributed by atoms with E-state index in [-0.39, 0.29) is 19.2 Å². The molecule has 7 heteroatoms. The molecule has 2 unspecified atom stereocenters. The molecule has 2 atom stereocenters. The molecule has 0 radical (unpaired) electrons. The number of hydrogen-bond donors (Lipinski definition) is 3. The van der Waals surface area contributed by atoms with Crippen molar-refractivity contribution in [3.8, 4) is 0 Å². The molecule has 114 valence electrons. The van der Waals surface area contributed by atoms with E-state index in [1.807, 2.05) is 0 Å². The first-order valence-electron chi connectivity index (χ1n) is 7.10. The summed E-state index contributed by atoms with van der Waals surface area (Å²) in [4.78, 5) is 25.3. The van der Waals surface area contributed by atoms with Crippen LogP contribution in [0.25, 0.3) is 0 Å². The SMILES string of the molecule is CC1(C(=O)O)COCC1NC(=O)NCCN1CCCC1. The molecule has 0 saturated carbocycles. The van der Waals surface area contributed by atoms with Crippen LogP contribution >= 0.6 is 0 Å². The van der Waals surface area contributed by atoms with Gasteiger partial charge in [-0.3, -0.25) is 4.79 Å². The lowest BCUT2D eigenvalue weighted by Crippen LogP contribution is -2.53. The van der Waals surface area contributed by atoms with E-state index in [1.165, 1.54) is 12.8 Å². The summed E-state index contributed by atoms with van der Waals surface area (Å²) in [6.07, 6.45) is 2.45. The molecule has 3 N–H and O–H groups in total. The minimum Gasteiger partial charge on any atom is -0.481 e. The summed E-state index contributed by atoms with van der Waals surface area (Å²) in [6, 6.07) is -0.820. The molecule has 2 heterocycles. The molecule has 2 aliphatic rings. The number of ether oxygens (including phenoxy) is 1. The second kappa shape index (κ2) is 6.41. The molecule has 0 aromatic heterocycles. The highest BCUT2D eigenvalue weighted by Gasteiger charge is 2.47. The van der Waals surface area contributed by atoms with Crippen molar-refractivity contribution >= 4 is 12.0 Å². The van der Waals surface area contributed by atoms with Crippen LogP contribution in [0.1, 0.15) is 19.8 Å². The topological polar surface area (TPSA) is 90.9 Å². The Balaban J connectivity index is 1.72. The smallest absolute Gasteiger partial charge is 0.315 e. The number of urea groups is 1. The second-order valence-electron chi connectivity index (χ2n) is 5.74. The van der Waals surface area contributed by atoms with E-state index in [0.29, 0.717) is 6.54 Å². The number of carbonyl (C=O) groups is 2. The Hall–Kier alpha value is -1.34. The van der Waals surface area contributed by atoms with Gasteiger partial charge in [0.2, 0.25) is 0 Å². The highest BCUT2D eigenvalue weighted by atomic mass is 16.5. The van der Waals surface area contributed by atoms with Crippen LogP contribution in [0.5, 0.6) is 0 Å². The number of hydrogen-bond acceptors (Lipinski definition) is 4. The van der Waals surface area contributed by atoms with Gasteiger partial charge in [0.15, 0.2) is 0 Å². The van der Waals surface area contributed by atoms with Crippen molar-refractivity contribution in [2.24, 2.45) is 5.41 Å². The van der Waals surface area contributed by atoms with Crippen LogP contribution in [0.3, 0.4) is 0 Å². The Bertz CT molecular complexity index is 371. The van der Waals surface area contributed by atoms with Gasteiger partial charge in [-0.2, -0.15) is 0 Å². The average molecular weight is 285 g/mol. The van der Waals surface area contributed by atoms with Crippen molar-refractivity contribution in [2.75, 3.05) is 39.4 Å². The predicted molar refractivity (Wildman–Crippen MR) is 72.6 cm³/mol. The molecule has 7 nitrogen and oxygen atoms in total. The van der Waals surface area contributed by atoms with Gasteiger partial charge in [0.25, 0.3) is 0 Å². The first kappa shape index (κ1) is 15.1. The normalized spacial score (nSPS) is 30.4. The first-order valence-corrected chi connectivity index (χ1v) is 7.10. The maximum atomic E-state index is 11.8. The van der Waals surface area contributed by atoms with Crippen LogP contribution in [0.2, 0.25) is 0 Å². The third kappa shape index (κ3) is 3.40. The van der Waals surface area contributed by atoms with E-state index in [9.17, 15) is 14.7 Å². The number of aliphatic carboxylic acids is 1. The van der Waals surface area contributed by atoms with E-state index < -0.39 is 17.4 Å². The Kier molecular flexibility index (Phi) is 4.82. The first-order chi connectivity index (χ1) is 9.52. The predicted octanol–water partition coefficient (Wildman–Crippen LogP) is -0.129. The molecule has 2 aliphatic heterocycles. The number of rotatable bonds is 5. The van der Waals surface area contributed by atoms with Crippen molar-refractivity contribution in [3.63, 3.8) is 0 Å². The molecule has 2 fully saturated rings. The quantitative estimate of drug-likeness (QED) is 0.654. The molecule has 2 saturated heterocycles. The molecule has 0 spiro atoms. The number of nitrogens with one attached hydrogen (secondary N) is 2. The molecular formula is C13H23N3O4. The molecule has 0 bridgehead atoms. The molecule has 0 aromatic carbocycles. The molecule has 2 amide bonds. The monoisotopic (exact) mass is 285 g/mol. The van der Waals surface area contributed by atoms with Gasteiger partial charge in [0, 0.05) is 13.1 Å². The molecule has 0 aromatic rings. The van der Waals surface area contributed by atoms with E-state index in [2.05, 4.69) is 15.5 Å². The van der Waals surface area contributed by atoms with Gasteiger partial charge in [0.05, 0.1) is 19.3 Å². The Morgan fingerprint density at radius 3 is 2.75 bits per heavy atom. The fraction of sp³-hybridized carbons (Fsp3) is 0.846. The van der Waals surface area contributed by atoms with Gasteiger partial charge in [-0.15, -0.1) is 0 Å². The number of amides is 2. The van der Waals surface area contributed by atoms with E-state index in [4.69, 9.17) is 4.74 Å². The summed E-state index contributed by atoms with van der Waals surface area (Å²) in [5.41, 5.74) is -1.05. The van der Waals surface area contributed by atoms with Crippen molar-refractivity contribution in [1.29, 1.82) is 0 Å². The van der Waals surface area contributed by atoms with Crippen molar-refractivity contribution in [3.05, 3.63) is 0 Å². The van der Waals surface area contributed by atoms with Crippen molar-refractivity contribution in [2.45, 2.75) is 25.8 Å². The Morgan fingerprint density at radius 2 is 2.10 bits per heavy atom. The summed E-state index contributed by atoms with van der Waals surface area (Å²) in [5, 5.41) is 14.7. The minimum atomic E-state index is -1.05. The van der Waals surface area contributed by atoms with Crippen molar-refractivity contribution in [1.82, 2.24) is 15.5 Å². The minimum absolute atomic E-state index is 0.126. The zero-order chi connectivity index (χ0) is 14.6. The molecule has 20 heavy (non-hydrogen) atoms. The summed E-state index contributed by atoms with van der Waals surface area (Å²) < 4.78 is 5.19. The maximum absolute atomic E-state index is 11.8. The van der Waals surface area contributed by atoms with Gasteiger partial charge in [-0.05, 0) is 32.9 Å². The lowest BCUT2D eigenvalue weighted by Gasteiger charge is -2.25. The van der Waals surface area contributed by atoms with Gasteiger partial charge in [0.1, 0.15) is 5.41 Å². The zero-order valence-corrected chi connectivity index (χ0v) is 11.9. The van der Waals surface area contributed by atoms with Gasteiger partial charge < -0.3 is 25.4 Å². The fourth-order valence-corrected chi connectivity index (χ4v) is 2.63. The number of carboxylic acids is 1.